The lowest BCUT2D eigenvalue weighted by atomic mass is 10.0. The molecular formula is C20H33IN4O2. The van der Waals surface area contributed by atoms with E-state index in [0.717, 1.165) is 49.3 Å². The summed E-state index contributed by atoms with van der Waals surface area (Å²) in [6.07, 6.45) is 4.80. The number of hydrogen-bond acceptors (Lipinski definition) is 4. The van der Waals surface area contributed by atoms with E-state index < -0.39 is 0 Å². The Hall–Kier alpha value is -1.22. The van der Waals surface area contributed by atoms with Gasteiger partial charge in [0.2, 0.25) is 6.79 Å². The molecule has 1 atom stereocenters. The number of halogens is 1. The van der Waals surface area contributed by atoms with Crippen LogP contribution in [0, 0.1) is 5.92 Å². The largest absolute Gasteiger partial charge is 0.454 e. The molecule has 152 valence electrons. The number of hydrogen-bond donors (Lipinski definition) is 2. The van der Waals surface area contributed by atoms with Gasteiger partial charge in [-0.2, -0.15) is 0 Å². The van der Waals surface area contributed by atoms with Gasteiger partial charge < -0.3 is 25.0 Å². The maximum atomic E-state index is 5.43. The molecule has 6 nitrogen and oxygen atoms in total. The van der Waals surface area contributed by atoms with Gasteiger partial charge in [-0.15, -0.1) is 24.0 Å². The minimum atomic E-state index is 0. The number of benzene rings is 1. The van der Waals surface area contributed by atoms with Crippen LogP contribution in [0.4, 0.5) is 0 Å². The molecule has 27 heavy (non-hydrogen) atoms. The normalized spacial score (nSPS) is 19.5. The maximum Gasteiger partial charge on any atom is 0.231 e. The van der Waals surface area contributed by atoms with Gasteiger partial charge in [0, 0.05) is 26.7 Å². The predicted octanol–water partition coefficient (Wildman–Crippen LogP) is 2.86. The Morgan fingerprint density at radius 1 is 1.22 bits per heavy atom. The lowest BCUT2D eigenvalue weighted by Gasteiger charge is -2.30. The molecule has 1 aromatic rings. The van der Waals surface area contributed by atoms with Crippen molar-refractivity contribution in [3.05, 3.63) is 23.8 Å². The summed E-state index contributed by atoms with van der Waals surface area (Å²) in [6, 6.07) is 6.12. The molecule has 7 heteroatoms. The minimum absolute atomic E-state index is 0. The Kier molecular flexibility index (Phi) is 9.47. The second-order valence-corrected chi connectivity index (χ2v) is 7.26. The third-order valence-electron chi connectivity index (χ3n) is 5.05. The van der Waals surface area contributed by atoms with E-state index in [-0.39, 0.29) is 24.0 Å². The standard InChI is InChI=1S/C20H32N4O2.HI/c1-16-5-3-11-24(14-16)12-4-9-22-20(21-2)23-10-8-17-6-7-18-19(13-17)26-15-25-18;/h6-7,13,16H,3-5,8-12,14-15H2,1-2H3,(H2,21,22,23);1H. The first-order valence-corrected chi connectivity index (χ1v) is 9.80. The van der Waals surface area contributed by atoms with Gasteiger partial charge >= 0.3 is 0 Å². The van der Waals surface area contributed by atoms with Crippen LogP contribution < -0.4 is 20.1 Å². The average molecular weight is 488 g/mol. The van der Waals surface area contributed by atoms with Crippen molar-refractivity contribution in [2.24, 2.45) is 10.9 Å². The van der Waals surface area contributed by atoms with Crippen LogP contribution in [-0.4, -0.2) is 57.4 Å². The van der Waals surface area contributed by atoms with E-state index in [4.69, 9.17) is 9.47 Å². The summed E-state index contributed by atoms with van der Waals surface area (Å²) < 4.78 is 10.8. The van der Waals surface area contributed by atoms with E-state index in [9.17, 15) is 0 Å². The van der Waals surface area contributed by atoms with Crippen molar-refractivity contribution in [2.75, 3.05) is 46.6 Å². The zero-order valence-electron chi connectivity index (χ0n) is 16.5. The summed E-state index contributed by atoms with van der Waals surface area (Å²) in [5.74, 6) is 3.40. The fraction of sp³-hybridized carbons (Fsp3) is 0.650. The monoisotopic (exact) mass is 488 g/mol. The molecule has 0 aliphatic carbocycles. The molecule has 1 unspecified atom stereocenters. The predicted molar refractivity (Wildman–Crippen MR) is 121 cm³/mol. The number of piperidine rings is 1. The van der Waals surface area contributed by atoms with E-state index in [1.165, 1.54) is 38.0 Å². The van der Waals surface area contributed by atoms with Gasteiger partial charge in [-0.3, -0.25) is 4.99 Å². The molecule has 0 radical (unpaired) electrons. The highest BCUT2D eigenvalue weighted by molar-refractivity contribution is 14.0. The number of ether oxygens (including phenoxy) is 2. The highest BCUT2D eigenvalue weighted by Gasteiger charge is 2.15. The number of likely N-dealkylation sites (tertiary alicyclic amines) is 1. The van der Waals surface area contributed by atoms with Gasteiger partial charge in [-0.05, 0) is 62.4 Å². The molecule has 1 aromatic carbocycles. The lowest BCUT2D eigenvalue weighted by Crippen LogP contribution is -2.40. The van der Waals surface area contributed by atoms with Gasteiger partial charge in [0.1, 0.15) is 0 Å². The number of fused-ring (bicyclic) bond motifs is 1. The van der Waals surface area contributed by atoms with Crippen molar-refractivity contribution < 1.29 is 9.47 Å². The van der Waals surface area contributed by atoms with Gasteiger partial charge in [0.15, 0.2) is 17.5 Å². The summed E-state index contributed by atoms with van der Waals surface area (Å²) in [5, 5.41) is 6.80. The summed E-state index contributed by atoms with van der Waals surface area (Å²) in [6.45, 7) is 8.15. The number of guanidine groups is 1. The molecular weight excluding hydrogens is 455 g/mol. The zero-order chi connectivity index (χ0) is 18.2. The average Bonchev–Trinajstić information content (AvgIpc) is 3.11. The zero-order valence-corrected chi connectivity index (χ0v) is 18.8. The number of nitrogens with one attached hydrogen (secondary N) is 2. The van der Waals surface area contributed by atoms with Crippen LogP contribution in [0.15, 0.2) is 23.2 Å². The summed E-state index contributed by atoms with van der Waals surface area (Å²) in [7, 11) is 1.82. The van der Waals surface area contributed by atoms with Crippen LogP contribution in [0.1, 0.15) is 31.7 Å². The molecule has 0 saturated carbocycles. The van der Waals surface area contributed by atoms with Gasteiger partial charge in [0.25, 0.3) is 0 Å². The van der Waals surface area contributed by atoms with Crippen LogP contribution in [0.5, 0.6) is 11.5 Å². The van der Waals surface area contributed by atoms with Crippen molar-refractivity contribution >= 4 is 29.9 Å². The Labute approximate surface area is 180 Å². The molecule has 2 aliphatic heterocycles. The number of nitrogens with zero attached hydrogens (tertiary/aromatic N) is 2. The van der Waals surface area contributed by atoms with Crippen molar-refractivity contribution in [1.82, 2.24) is 15.5 Å². The summed E-state index contributed by atoms with van der Waals surface area (Å²) in [5.41, 5.74) is 1.23. The van der Waals surface area contributed by atoms with E-state index in [0.29, 0.717) is 6.79 Å². The van der Waals surface area contributed by atoms with E-state index >= 15 is 0 Å². The first-order chi connectivity index (χ1) is 12.7. The maximum absolute atomic E-state index is 5.43. The summed E-state index contributed by atoms with van der Waals surface area (Å²) in [4.78, 5) is 6.90. The first-order valence-electron chi connectivity index (χ1n) is 9.80. The van der Waals surface area contributed by atoms with Crippen LogP contribution in [0.3, 0.4) is 0 Å². The van der Waals surface area contributed by atoms with Gasteiger partial charge in [-0.1, -0.05) is 13.0 Å². The van der Waals surface area contributed by atoms with E-state index in [2.05, 4.69) is 39.6 Å². The quantitative estimate of drug-likeness (QED) is 0.268. The first kappa shape index (κ1) is 22.1. The third-order valence-corrected chi connectivity index (χ3v) is 5.05. The Bertz CT molecular complexity index is 612. The van der Waals surface area contributed by atoms with Gasteiger partial charge in [0.05, 0.1) is 0 Å². The fourth-order valence-corrected chi connectivity index (χ4v) is 3.64. The fourth-order valence-electron chi connectivity index (χ4n) is 3.64. The molecule has 3 rings (SSSR count). The molecule has 1 fully saturated rings. The molecule has 0 spiro atoms. The van der Waals surface area contributed by atoms with Crippen molar-refractivity contribution in [2.45, 2.75) is 32.6 Å². The molecule has 0 amide bonds. The Balaban J connectivity index is 0.00000261. The van der Waals surface area contributed by atoms with Crippen LogP contribution >= 0.6 is 24.0 Å². The van der Waals surface area contributed by atoms with Crippen molar-refractivity contribution in [3.8, 4) is 11.5 Å². The van der Waals surface area contributed by atoms with Crippen molar-refractivity contribution in [3.63, 3.8) is 0 Å². The Morgan fingerprint density at radius 2 is 2.04 bits per heavy atom. The molecule has 2 N–H and O–H groups in total. The van der Waals surface area contributed by atoms with E-state index in [1.807, 2.05) is 13.1 Å². The number of aliphatic imine (C=N–C) groups is 1. The summed E-state index contributed by atoms with van der Waals surface area (Å²) >= 11 is 0. The molecule has 0 bridgehead atoms. The number of rotatable bonds is 7. The SMILES string of the molecule is CN=C(NCCCN1CCCC(C)C1)NCCc1ccc2c(c1)OCO2.I. The van der Waals surface area contributed by atoms with E-state index in [1.54, 1.807) is 0 Å². The highest BCUT2D eigenvalue weighted by atomic mass is 127. The van der Waals surface area contributed by atoms with Crippen LogP contribution in [-0.2, 0) is 6.42 Å². The minimum Gasteiger partial charge on any atom is -0.454 e. The topological polar surface area (TPSA) is 58.1 Å². The third kappa shape index (κ3) is 7.03. The molecule has 2 aliphatic rings. The van der Waals surface area contributed by atoms with Crippen LogP contribution in [0.2, 0.25) is 0 Å². The smallest absolute Gasteiger partial charge is 0.231 e. The van der Waals surface area contributed by atoms with Crippen molar-refractivity contribution in [1.29, 1.82) is 0 Å². The second kappa shape index (κ2) is 11.6. The van der Waals surface area contributed by atoms with Crippen LogP contribution in [0.25, 0.3) is 0 Å². The lowest BCUT2D eigenvalue weighted by molar-refractivity contribution is 0.174. The second-order valence-electron chi connectivity index (χ2n) is 7.26. The molecule has 2 heterocycles. The molecule has 0 aromatic heterocycles. The highest BCUT2D eigenvalue weighted by Crippen LogP contribution is 2.32. The Morgan fingerprint density at radius 3 is 2.85 bits per heavy atom. The molecule has 1 saturated heterocycles. The van der Waals surface area contributed by atoms with Gasteiger partial charge in [-0.25, -0.2) is 0 Å².